The van der Waals surface area contributed by atoms with Gasteiger partial charge in [-0.2, -0.15) is 0 Å². The summed E-state index contributed by atoms with van der Waals surface area (Å²) in [4.78, 5) is 21.1. The van der Waals surface area contributed by atoms with Crippen molar-refractivity contribution in [3.63, 3.8) is 0 Å². The Labute approximate surface area is 191 Å². The molecule has 0 aromatic rings. The molecule has 0 aliphatic heterocycles. The molecule has 0 atom stereocenters. The van der Waals surface area contributed by atoms with Gasteiger partial charge in [0.1, 0.15) is 0 Å². The van der Waals surface area contributed by atoms with Crippen LogP contribution in [0.3, 0.4) is 0 Å². The maximum Gasteiger partial charge on any atom is 1.00 e. The number of rotatable bonds is 15. The maximum atomic E-state index is 10.7. The summed E-state index contributed by atoms with van der Waals surface area (Å²) >= 11 is 0. The SMILES string of the molecule is CCCCCCCCCCCCCC/C(=C/C(=O)[O-])C(=O)[O-].[Na+].[Na+]. The Balaban J connectivity index is -0.00000220. The van der Waals surface area contributed by atoms with Gasteiger partial charge in [-0.3, -0.25) is 0 Å². The molecule has 0 aliphatic rings. The molecule has 0 radical (unpaired) electrons. The predicted molar refractivity (Wildman–Crippen MR) is 83.8 cm³/mol. The van der Waals surface area contributed by atoms with Crippen molar-refractivity contribution in [1.82, 2.24) is 0 Å². The molecule has 0 aromatic heterocycles. The molecule has 0 rings (SSSR count). The maximum absolute atomic E-state index is 10.7. The van der Waals surface area contributed by atoms with Crippen molar-refractivity contribution in [3.05, 3.63) is 11.6 Å². The Kier molecular flexibility index (Phi) is 26.6. The van der Waals surface area contributed by atoms with Crippen LogP contribution >= 0.6 is 0 Å². The van der Waals surface area contributed by atoms with Crippen molar-refractivity contribution >= 4 is 11.9 Å². The van der Waals surface area contributed by atoms with E-state index >= 15 is 0 Å². The van der Waals surface area contributed by atoms with Gasteiger partial charge >= 0.3 is 59.1 Å². The van der Waals surface area contributed by atoms with Crippen LogP contribution in [0.4, 0.5) is 0 Å². The monoisotopic (exact) mass is 356 g/mol. The van der Waals surface area contributed by atoms with Gasteiger partial charge in [-0.15, -0.1) is 0 Å². The summed E-state index contributed by atoms with van der Waals surface area (Å²) in [5, 5.41) is 21.1. The number of carbonyl (C=O) groups is 2. The van der Waals surface area contributed by atoms with Crippen LogP contribution in [-0.2, 0) is 9.59 Å². The largest absolute Gasteiger partial charge is 1.00 e. The minimum Gasteiger partial charge on any atom is -0.545 e. The van der Waals surface area contributed by atoms with Crippen LogP contribution in [0.1, 0.15) is 90.4 Å². The Morgan fingerprint density at radius 3 is 1.42 bits per heavy atom. The minimum absolute atomic E-state index is 0. The average molecular weight is 356 g/mol. The Morgan fingerprint density at radius 2 is 1.08 bits per heavy atom. The molecule has 6 heteroatoms. The normalized spacial score (nSPS) is 10.6. The summed E-state index contributed by atoms with van der Waals surface area (Å²) in [5.41, 5.74) is -0.174. The van der Waals surface area contributed by atoms with E-state index in [0.29, 0.717) is 12.5 Å². The van der Waals surface area contributed by atoms with E-state index in [1.165, 1.54) is 57.8 Å². The van der Waals surface area contributed by atoms with Gasteiger partial charge in [-0.1, -0.05) is 77.6 Å². The molecule has 0 unspecified atom stereocenters. The number of hydrogen-bond acceptors (Lipinski definition) is 4. The second-order valence-electron chi connectivity index (χ2n) is 5.92. The zero-order valence-electron chi connectivity index (χ0n) is 15.9. The molecule has 0 heterocycles. The molecule has 0 fully saturated rings. The molecule has 0 saturated carbocycles. The van der Waals surface area contributed by atoms with Crippen LogP contribution in [0.25, 0.3) is 0 Å². The first-order valence-electron chi connectivity index (χ1n) is 8.70. The van der Waals surface area contributed by atoms with Crippen LogP contribution < -0.4 is 69.3 Å². The van der Waals surface area contributed by atoms with Crippen molar-refractivity contribution in [2.45, 2.75) is 90.4 Å². The molecule has 0 saturated heterocycles. The summed E-state index contributed by atoms with van der Waals surface area (Å²) in [7, 11) is 0. The third-order valence-corrected chi connectivity index (χ3v) is 3.85. The zero-order chi connectivity index (χ0) is 16.6. The fourth-order valence-corrected chi connectivity index (χ4v) is 2.53. The number of carbonyl (C=O) groups excluding carboxylic acids is 2. The summed E-state index contributed by atoms with van der Waals surface area (Å²) in [6.45, 7) is 2.23. The molecular formula is C18H30Na2O4. The van der Waals surface area contributed by atoms with E-state index in [2.05, 4.69) is 6.92 Å². The van der Waals surface area contributed by atoms with Crippen molar-refractivity contribution in [2.24, 2.45) is 0 Å². The van der Waals surface area contributed by atoms with Gasteiger partial charge in [0.05, 0.1) is 11.9 Å². The van der Waals surface area contributed by atoms with E-state index in [-0.39, 0.29) is 71.1 Å². The molecule has 4 nitrogen and oxygen atoms in total. The van der Waals surface area contributed by atoms with Crippen LogP contribution in [0.5, 0.6) is 0 Å². The summed E-state index contributed by atoms with van der Waals surface area (Å²) in [5.74, 6) is -2.88. The average Bonchev–Trinajstić information content (AvgIpc) is 2.46. The van der Waals surface area contributed by atoms with Gasteiger partial charge in [0, 0.05) is 0 Å². The molecule has 0 aliphatic carbocycles. The number of unbranched alkanes of at least 4 members (excludes halogenated alkanes) is 11. The summed E-state index contributed by atoms with van der Waals surface area (Å²) in [6.07, 6.45) is 15.2. The van der Waals surface area contributed by atoms with Gasteiger partial charge in [0.2, 0.25) is 0 Å². The number of hydrogen-bond donors (Lipinski definition) is 0. The smallest absolute Gasteiger partial charge is 0.545 e. The zero-order valence-corrected chi connectivity index (χ0v) is 19.9. The van der Waals surface area contributed by atoms with Crippen molar-refractivity contribution in [1.29, 1.82) is 0 Å². The Morgan fingerprint density at radius 1 is 0.708 bits per heavy atom. The van der Waals surface area contributed by atoms with E-state index in [1.807, 2.05) is 0 Å². The summed E-state index contributed by atoms with van der Waals surface area (Å²) < 4.78 is 0. The first kappa shape index (κ1) is 29.4. The van der Waals surface area contributed by atoms with Crippen molar-refractivity contribution in [3.8, 4) is 0 Å². The van der Waals surface area contributed by atoms with Gasteiger partial charge in [-0.05, 0) is 24.5 Å². The van der Waals surface area contributed by atoms with Gasteiger partial charge in [0.15, 0.2) is 0 Å². The van der Waals surface area contributed by atoms with Crippen LogP contribution in [0.15, 0.2) is 11.6 Å². The number of carboxylic acid groups (broad SMARTS) is 2. The first-order valence-corrected chi connectivity index (χ1v) is 8.70. The van der Waals surface area contributed by atoms with Crippen LogP contribution in [-0.4, -0.2) is 11.9 Å². The van der Waals surface area contributed by atoms with E-state index < -0.39 is 11.9 Å². The molecule has 0 bridgehead atoms. The fourth-order valence-electron chi connectivity index (χ4n) is 2.53. The third-order valence-electron chi connectivity index (χ3n) is 3.85. The van der Waals surface area contributed by atoms with Gasteiger partial charge in [0.25, 0.3) is 0 Å². The molecule has 128 valence electrons. The molecule has 0 amide bonds. The van der Waals surface area contributed by atoms with Crippen LogP contribution in [0, 0.1) is 0 Å². The molecule has 0 spiro atoms. The molecule has 24 heavy (non-hydrogen) atoms. The van der Waals surface area contributed by atoms with Gasteiger partial charge < -0.3 is 19.8 Å². The van der Waals surface area contributed by atoms with Crippen molar-refractivity contribution < 1.29 is 78.9 Å². The predicted octanol–water partition coefficient (Wildman–Crippen LogP) is -3.49. The van der Waals surface area contributed by atoms with E-state index in [1.54, 1.807) is 0 Å². The molecule has 0 aromatic carbocycles. The quantitative estimate of drug-likeness (QED) is 0.173. The standard InChI is InChI=1S/C18H32O4.2Na/c1-2-3-4-5-6-7-8-9-10-11-12-13-14-16(18(21)22)15-17(19)20;;/h15H,2-14H2,1H3,(H,19,20)(H,21,22);;/q;2*+1/p-2/b16-15-;;. The van der Waals surface area contributed by atoms with E-state index in [0.717, 1.165) is 12.8 Å². The van der Waals surface area contributed by atoms with E-state index in [4.69, 9.17) is 0 Å². The second kappa shape index (κ2) is 21.7. The van der Waals surface area contributed by atoms with Crippen LogP contribution in [0.2, 0.25) is 0 Å². The first-order chi connectivity index (χ1) is 10.6. The molecular weight excluding hydrogens is 326 g/mol. The fraction of sp³-hybridized carbons (Fsp3) is 0.778. The number of carboxylic acids is 2. The molecule has 0 N–H and O–H groups in total. The Hall–Kier alpha value is 0.680. The topological polar surface area (TPSA) is 80.3 Å². The second-order valence-corrected chi connectivity index (χ2v) is 5.92. The number of aliphatic carboxylic acids is 2. The summed E-state index contributed by atoms with van der Waals surface area (Å²) in [6, 6.07) is 0. The van der Waals surface area contributed by atoms with Crippen molar-refractivity contribution in [2.75, 3.05) is 0 Å². The van der Waals surface area contributed by atoms with Gasteiger partial charge in [-0.25, -0.2) is 0 Å². The third kappa shape index (κ3) is 20.7. The van der Waals surface area contributed by atoms with E-state index in [9.17, 15) is 19.8 Å². The minimum atomic E-state index is -1.47. The Bertz CT molecular complexity index is 344.